The third kappa shape index (κ3) is 8.55. The van der Waals surface area contributed by atoms with E-state index >= 15 is 0 Å². The molecule has 252 valence electrons. The van der Waals surface area contributed by atoms with Crippen LogP contribution in [-0.2, 0) is 33.2 Å². The maximum atomic E-state index is 11.7. The van der Waals surface area contributed by atoms with E-state index in [-0.39, 0.29) is 13.0 Å². The summed E-state index contributed by atoms with van der Waals surface area (Å²) in [6, 6.07) is 0. The number of nitrogens with two attached hydrogens (primary N) is 1. The second kappa shape index (κ2) is 16.4. The summed E-state index contributed by atoms with van der Waals surface area (Å²) in [5, 5.41) is 102. The van der Waals surface area contributed by atoms with Crippen LogP contribution in [0.4, 0.5) is 0 Å². The molecule has 3 aliphatic heterocycles. The standard InChI is InChI=1S/C25H45NO17/c1-2-3-9(22(26)37)4-5-38-24-20(36)21(43-25-19(35)17(33)14(30)11(7-28)41-25)15(31)12(42-24)8-39-23-18(34)16(32)13(29)10(6-27)40-23/h9-21,23-25,27-36H,2-8H2,1H3,(H2,26,37)/t9?,10-,11-,12-,13-,14-,15-,16+,17+,18+,19+,20+,21+,23+,24+,25-/m1/s1. The first-order valence-electron chi connectivity index (χ1n) is 14.2. The van der Waals surface area contributed by atoms with Gasteiger partial charge in [0, 0.05) is 5.92 Å². The summed E-state index contributed by atoms with van der Waals surface area (Å²) in [7, 11) is 0. The zero-order chi connectivity index (χ0) is 32.0. The Morgan fingerprint density at radius 1 is 0.674 bits per heavy atom. The number of ether oxygens (including phenoxy) is 6. The van der Waals surface area contributed by atoms with Gasteiger partial charge in [0.2, 0.25) is 5.91 Å². The lowest BCUT2D eigenvalue weighted by Crippen LogP contribution is -2.65. The Kier molecular flexibility index (Phi) is 13.9. The van der Waals surface area contributed by atoms with Gasteiger partial charge in [0.15, 0.2) is 18.9 Å². The number of aliphatic hydroxyl groups excluding tert-OH is 10. The lowest BCUT2D eigenvalue weighted by molar-refractivity contribution is -0.366. The van der Waals surface area contributed by atoms with Gasteiger partial charge in [-0.1, -0.05) is 13.3 Å². The van der Waals surface area contributed by atoms with E-state index in [1.807, 2.05) is 6.92 Å². The van der Waals surface area contributed by atoms with Crippen molar-refractivity contribution >= 4 is 5.91 Å². The fourth-order valence-corrected chi connectivity index (χ4v) is 5.17. The van der Waals surface area contributed by atoms with E-state index in [4.69, 9.17) is 34.2 Å². The summed E-state index contributed by atoms with van der Waals surface area (Å²) in [6.45, 7) is -0.324. The molecule has 3 aliphatic rings. The van der Waals surface area contributed by atoms with Gasteiger partial charge in [-0.15, -0.1) is 0 Å². The van der Waals surface area contributed by atoms with Crippen molar-refractivity contribution in [2.45, 2.75) is 118 Å². The number of carbonyl (C=O) groups excluding carboxylic acids is 1. The van der Waals surface area contributed by atoms with Crippen LogP contribution in [0.25, 0.3) is 0 Å². The average molecular weight is 632 g/mol. The summed E-state index contributed by atoms with van der Waals surface area (Å²) in [5.74, 6) is -1.07. The van der Waals surface area contributed by atoms with Crippen LogP contribution in [0.5, 0.6) is 0 Å². The molecule has 18 heteroatoms. The van der Waals surface area contributed by atoms with Crippen LogP contribution >= 0.6 is 0 Å². The van der Waals surface area contributed by atoms with E-state index in [1.54, 1.807) is 0 Å². The van der Waals surface area contributed by atoms with Gasteiger partial charge >= 0.3 is 0 Å². The Balaban J connectivity index is 1.76. The van der Waals surface area contributed by atoms with E-state index in [0.717, 1.165) is 0 Å². The van der Waals surface area contributed by atoms with E-state index in [1.165, 1.54) is 0 Å². The smallest absolute Gasteiger partial charge is 0.220 e. The molecular formula is C25H45NO17. The molecule has 0 saturated carbocycles. The van der Waals surface area contributed by atoms with Crippen LogP contribution in [0.2, 0.25) is 0 Å². The van der Waals surface area contributed by atoms with Gasteiger partial charge in [0.25, 0.3) is 0 Å². The van der Waals surface area contributed by atoms with Gasteiger partial charge < -0.3 is 85.2 Å². The molecule has 12 N–H and O–H groups in total. The molecule has 0 aromatic carbocycles. The Bertz CT molecular complexity index is 853. The molecule has 1 amide bonds. The van der Waals surface area contributed by atoms with Crippen molar-refractivity contribution < 1.29 is 84.3 Å². The van der Waals surface area contributed by atoms with Crippen molar-refractivity contribution in [1.29, 1.82) is 0 Å². The van der Waals surface area contributed by atoms with Crippen LogP contribution in [0, 0.1) is 5.92 Å². The van der Waals surface area contributed by atoms with Crippen molar-refractivity contribution in [3.63, 3.8) is 0 Å². The number of rotatable bonds is 14. The lowest BCUT2D eigenvalue weighted by Gasteiger charge is -2.46. The predicted molar refractivity (Wildman–Crippen MR) is 137 cm³/mol. The van der Waals surface area contributed by atoms with Gasteiger partial charge in [-0.05, 0) is 12.8 Å². The number of hydrogen-bond donors (Lipinski definition) is 11. The molecule has 3 heterocycles. The largest absolute Gasteiger partial charge is 0.394 e. The maximum absolute atomic E-state index is 11.7. The molecule has 1 unspecified atom stereocenters. The highest BCUT2D eigenvalue weighted by Crippen LogP contribution is 2.31. The highest BCUT2D eigenvalue weighted by molar-refractivity contribution is 5.76. The molecule has 3 fully saturated rings. The fraction of sp³-hybridized carbons (Fsp3) is 0.960. The van der Waals surface area contributed by atoms with E-state index in [9.17, 15) is 55.9 Å². The SMILES string of the molecule is CCCC(CCO[C@H]1O[C@H](CO[C@H]2O[C@H](CO)[C@@H](O)[C@H](O)[C@@H]2O)[C@@H](O)[C@H](O[C@H]2O[C@H](CO)[C@@H](O)[C@H](O)[C@@H]2O)[C@@H]1O)C(N)=O. The molecule has 16 atom stereocenters. The summed E-state index contributed by atoms with van der Waals surface area (Å²) in [5.41, 5.74) is 5.43. The summed E-state index contributed by atoms with van der Waals surface area (Å²) in [4.78, 5) is 11.7. The zero-order valence-electron chi connectivity index (χ0n) is 23.6. The van der Waals surface area contributed by atoms with Crippen molar-refractivity contribution in [3.8, 4) is 0 Å². The number of carbonyl (C=O) groups is 1. The summed E-state index contributed by atoms with van der Waals surface area (Å²) >= 11 is 0. The van der Waals surface area contributed by atoms with Gasteiger partial charge in [-0.2, -0.15) is 0 Å². The number of hydrogen-bond acceptors (Lipinski definition) is 17. The molecule has 0 spiro atoms. The average Bonchev–Trinajstić information content (AvgIpc) is 2.98. The molecule has 0 aromatic heterocycles. The third-order valence-electron chi connectivity index (χ3n) is 7.84. The minimum atomic E-state index is -1.87. The lowest BCUT2D eigenvalue weighted by atomic mass is 9.96. The van der Waals surface area contributed by atoms with Crippen molar-refractivity contribution in [1.82, 2.24) is 0 Å². The Morgan fingerprint density at radius 3 is 1.72 bits per heavy atom. The van der Waals surface area contributed by atoms with Crippen molar-refractivity contribution in [2.75, 3.05) is 26.4 Å². The third-order valence-corrected chi connectivity index (χ3v) is 7.84. The summed E-state index contributed by atoms with van der Waals surface area (Å²) < 4.78 is 33.1. The molecule has 0 aromatic rings. The molecule has 43 heavy (non-hydrogen) atoms. The molecule has 18 nitrogen and oxygen atoms in total. The van der Waals surface area contributed by atoms with Crippen molar-refractivity contribution in [3.05, 3.63) is 0 Å². The normalized spacial score (nSPS) is 44.7. The first-order valence-corrected chi connectivity index (χ1v) is 14.2. The fourth-order valence-electron chi connectivity index (χ4n) is 5.17. The van der Waals surface area contributed by atoms with Crippen LogP contribution in [0.1, 0.15) is 26.2 Å². The second-order valence-corrected chi connectivity index (χ2v) is 10.9. The van der Waals surface area contributed by atoms with Crippen LogP contribution in [0.3, 0.4) is 0 Å². The molecule has 0 bridgehead atoms. The predicted octanol–water partition coefficient (Wildman–Crippen LogP) is -6.26. The number of amides is 1. The maximum Gasteiger partial charge on any atom is 0.220 e. The Labute approximate surface area is 247 Å². The first kappa shape index (κ1) is 36.3. The van der Waals surface area contributed by atoms with E-state index in [2.05, 4.69) is 0 Å². The quantitative estimate of drug-likeness (QED) is 0.0849. The minimum absolute atomic E-state index is 0.127. The van der Waals surface area contributed by atoms with Gasteiger partial charge in [0.05, 0.1) is 26.4 Å². The van der Waals surface area contributed by atoms with Gasteiger partial charge in [-0.25, -0.2) is 0 Å². The number of primary amides is 1. The summed E-state index contributed by atoms with van der Waals surface area (Å²) in [6.07, 6.45) is -23.3. The minimum Gasteiger partial charge on any atom is -0.394 e. The Morgan fingerprint density at radius 2 is 1.19 bits per heavy atom. The molecule has 3 saturated heterocycles. The van der Waals surface area contributed by atoms with E-state index < -0.39 is 124 Å². The van der Waals surface area contributed by atoms with Crippen LogP contribution in [0.15, 0.2) is 0 Å². The highest BCUT2D eigenvalue weighted by atomic mass is 16.7. The van der Waals surface area contributed by atoms with Gasteiger partial charge in [0.1, 0.15) is 73.2 Å². The first-order chi connectivity index (χ1) is 20.4. The van der Waals surface area contributed by atoms with Gasteiger partial charge in [-0.3, -0.25) is 4.79 Å². The Hall–Kier alpha value is -1.17. The second-order valence-electron chi connectivity index (χ2n) is 10.9. The monoisotopic (exact) mass is 631 g/mol. The molecule has 0 aliphatic carbocycles. The van der Waals surface area contributed by atoms with Crippen molar-refractivity contribution in [2.24, 2.45) is 11.7 Å². The van der Waals surface area contributed by atoms with Crippen LogP contribution < -0.4 is 5.73 Å². The highest BCUT2D eigenvalue weighted by Gasteiger charge is 2.52. The molecular weight excluding hydrogens is 586 g/mol. The molecule has 0 radical (unpaired) electrons. The topological polar surface area (TPSA) is 301 Å². The van der Waals surface area contributed by atoms with E-state index in [0.29, 0.717) is 12.8 Å². The zero-order valence-corrected chi connectivity index (χ0v) is 23.6. The number of aliphatic hydroxyl groups is 10. The van der Waals surface area contributed by atoms with Crippen LogP contribution in [-0.4, -0.2) is 176 Å². The molecule has 3 rings (SSSR count).